The lowest BCUT2D eigenvalue weighted by Crippen LogP contribution is -2.28. The summed E-state index contributed by atoms with van der Waals surface area (Å²) in [5.41, 5.74) is 6.09. The van der Waals surface area contributed by atoms with Crippen molar-refractivity contribution in [3.63, 3.8) is 0 Å². The van der Waals surface area contributed by atoms with Gasteiger partial charge in [0.25, 0.3) is 0 Å². The van der Waals surface area contributed by atoms with Gasteiger partial charge in [-0.1, -0.05) is 11.6 Å². The molecule has 0 aromatic heterocycles. The van der Waals surface area contributed by atoms with E-state index < -0.39 is 10.0 Å². The first kappa shape index (κ1) is 17.4. The number of ether oxygens (including phenoxy) is 2. The van der Waals surface area contributed by atoms with Gasteiger partial charge in [-0.05, 0) is 23.8 Å². The third kappa shape index (κ3) is 5.35. The van der Waals surface area contributed by atoms with Gasteiger partial charge >= 0.3 is 0 Å². The Labute approximate surface area is 124 Å². The first-order valence-corrected chi connectivity index (χ1v) is 7.92. The second-order valence-electron chi connectivity index (χ2n) is 3.96. The summed E-state index contributed by atoms with van der Waals surface area (Å²) in [6, 6.07) is 4.43. The van der Waals surface area contributed by atoms with Crippen molar-refractivity contribution < 1.29 is 17.9 Å². The Morgan fingerprint density at radius 1 is 1.30 bits per heavy atom. The minimum absolute atomic E-state index is 0.138. The SMILES string of the molecule is COCCOCCNS(=O)(=O)c1ccc(Cl)c(CN)c1. The maximum absolute atomic E-state index is 12.0. The van der Waals surface area contributed by atoms with Gasteiger partial charge < -0.3 is 15.2 Å². The van der Waals surface area contributed by atoms with E-state index >= 15 is 0 Å². The second-order valence-corrected chi connectivity index (χ2v) is 6.13. The molecule has 3 N–H and O–H groups in total. The van der Waals surface area contributed by atoms with Crippen LogP contribution in [-0.4, -0.2) is 41.9 Å². The molecular weight excluding hydrogens is 304 g/mol. The average Bonchev–Trinajstić information content (AvgIpc) is 2.43. The number of methoxy groups -OCH3 is 1. The van der Waals surface area contributed by atoms with Crippen molar-refractivity contribution in [2.24, 2.45) is 5.73 Å². The van der Waals surface area contributed by atoms with Gasteiger partial charge in [0, 0.05) is 25.2 Å². The van der Waals surface area contributed by atoms with Crippen LogP contribution in [0, 0.1) is 0 Å². The summed E-state index contributed by atoms with van der Waals surface area (Å²) in [4.78, 5) is 0.138. The van der Waals surface area contributed by atoms with Crippen LogP contribution in [0.5, 0.6) is 0 Å². The first-order valence-electron chi connectivity index (χ1n) is 6.06. The second kappa shape index (κ2) is 8.56. The molecule has 1 rings (SSSR count). The maximum atomic E-state index is 12.0. The van der Waals surface area contributed by atoms with E-state index in [1.165, 1.54) is 18.2 Å². The number of nitrogens with one attached hydrogen (secondary N) is 1. The van der Waals surface area contributed by atoms with Gasteiger partial charge in [0.1, 0.15) is 0 Å². The van der Waals surface area contributed by atoms with E-state index in [0.29, 0.717) is 23.8 Å². The summed E-state index contributed by atoms with van der Waals surface area (Å²) in [7, 11) is -2.01. The molecule has 0 saturated carbocycles. The fraction of sp³-hybridized carbons (Fsp3) is 0.500. The fourth-order valence-corrected chi connectivity index (χ4v) is 2.71. The smallest absolute Gasteiger partial charge is 0.240 e. The van der Waals surface area contributed by atoms with Gasteiger partial charge in [-0.15, -0.1) is 0 Å². The van der Waals surface area contributed by atoms with Crippen LogP contribution in [0.4, 0.5) is 0 Å². The van der Waals surface area contributed by atoms with Crippen molar-refractivity contribution in [3.05, 3.63) is 28.8 Å². The Kier molecular flexibility index (Phi) is 7.42. The highest BCUT2D eigenvalue weighted by molar-refractivity contribution is 7.89. The van der Waals surface area contributed by atoms with Crippen molar-refractivity contribution in [2.45, 2.75) is 11.4 Å². The molecule has 114 valence electrons. The highest BCUT2D eigenvalue weighted by Crippen LogP contribution is 2.19. The molecular formula is C12H19ClN2O4S. The molecule has 0 aliphatic carbocycles. The zero-order valence-corrected chi connectivity index (χ0v) is 12.8. The summed E-state index contributed by atoms with van der Waals surface area (Å²) in [5, 5.41) is 0.453. The van der Waals surface area contributed by atoms with Crippen LogP contribution in [0.2, 0.25) is 5.02 Å². The number of rotatable bonds is 9. The van der Waals surface area contributed by atoms with Crippen LogP contribution in [0.1, 0.15) is 5.56 Å². The standard InChI is InChI=1S/C12H19ClN2O4S/c1-18-6-7-19-5-4-15-20(16,17)11-2-3-12(13)10(8-11)9-14/h2-3,8,15H,4-7,9,14H2,1H3. The third-order valence-corrected chi connectivity index (χ3v) is 4.35. The normalized spacial score (nSPS) is 11.8. The number of benzene rings is 1. The lowest BCUT2D eigenvalue weighted by molar-refractivity contribution is 0.0736. The summed E-state index contributed by atoms with van der Waals surface area (Å²) >= 11 is 5.89. The minimum atomic E-state index is -3.58. The third-order valence-electron chi connectivity index (χ3n) is 2.52. The first-order chi connectivity index (χ1) is 9.51. The number of hydrogen-bond acceptors (Lipinski definition) is 5. The topological polar surface area (TPSA) is 90.6 Å². The predicted octanol–water partition coefficient (Wildman–Crippen LogP) is 0.740. The molecule has 0 aliphatic heterocycles. The van der Waals surface area contributed by atoms with E-state index in [4.69, 9.17) is 26.8 Å². The molecule has 0 atom stereocenters. The van der Waals surface area contributed by atoms with Gasteiger partial charge in [0.15, 0.2) is 0 Å². The van der Waals surface area contributed by atoms with Gasteiger partial charge in [0.05, 0.1) is 24.7 Å². The van der Waals surface area contributed by atoms with Crippen LogP contribution in [-0.2, 0) is 26.0 Å². The van der Waals surface area contributed by atoms with Gasteiger partial charge in [-0.3, -0.25) is 0 Å². The van der Waals surface area contributed by atoms with Crippen molar-refractivity contribution >= 4 is 21.6 Å². The maximum Gasteiger partial charge on any atom is 0.240 e. The van der Waals surface area contributed by atoms with E-state index in [9.17, 15) is 8.42 Å². The lowest BCUT2D eigenvalue weighted by Gasteiger charge is -2.09. The van der Waals surface area contributed by atoms with Gasteiger partial charge in [-0.2, -0.15) is 0 Å². The van der Waals surface area contributed by atoms with Crippen LogP contribution < -0.4 is 10.5 Å². The van der Waals surface area contributed by atoms with E-state index in [-0.39, 0.29) is 24.6 Å². The Bertz CT molecular complexity index is 522. The van der Waals surface area contributed by atoms with Crippen molar-refractivity contribution in [2.75, 3.05) is 33.5 Å². The molecule has 0 aliphatic rings. The van der Waals surface area contributed by atoms with Crippen molar-refractivity contribution in [3.8, 4) is 0 Å². The summed E-state index contributed by atoms with van der Waals surface area (Å²) in [5.74, 6) is 0. The van der Waals surface area contributed by atoms with Gasteiger partial charge in [0.2, 0.25) is 10.0 Å². The Hall–Kier alpha value is -0.700. The molecule has 8 heteroatoms. The molecule has 1 aromatic carbocycles. The van der Waals surface area contributed by atoms with Crippen molar-refractivity contribution in [1.82, 2.24) is 4.72 Å². The van der Waals surface area contributed by atoms with Gasteiger partial charge in [-0.25, -0.2) is 13.1 Å². The number of nitrogens with two attached hydrogens (primary N) is 1. The quantitative estimate of drug-likeness (QED) is 0.654. The molecule has 0 spiro atoms. The monoisotopic (exact) mass is 322 g/mol. The van der Waals surface area contributed by atoms with Crippen LogP contribution in [0.15, 0.2) is 23.1 Å². The van der Waals surface area contributed by atoms with Crippen LogP contribution >= 0.6 is 11.6 Å². The van der Waals surface area contributed by atoms with E-state index in [1.807, 2.05) is 0 Å². The Balaban J connectivity index is 2.56. The number of hydrogen-bond donors (Lipinski definition) is 2. The fourth-order valence-electron chi connectivity index (χ4n) is 1.45. The molecule has 0 fully saturated rings. The molecule has 0 unspecified atom stereocenters. The van der Waals surface area contributed by atoms with Crippen molar-refractivity contribution in [1.29, 1.82) is 0 Å². The van der Waals surface area contributed by atoms with E-state index in [2.05, 4.69) is 4.72 Å². The highest BCUT2D eigenvalue weighted by atomic mass is 35.5. The molecule has 0 bridgehead atoms. The number of halogens is 1. The Morgan fingerprint density at radius 2 is 2.05 bits per heavy atom. The molecule has 6 nitrogen and oxygen atoms in total. The molecule has 0 radical (unpaired) electrons. The summed E-state index contributed by atoms with van der Waals surface area (Å²) in [6.07, 6.45) is 0. The predicted molar refractivity (Wildman–Crippen MR) is 77.2 cm³/mol. The summed E-state index contributed by atoms with van der Waals surface area (Å²) < 4.78 is 36.5. The van der Waals surface area contributed by atoms with Crippen LogP contribution in [0.3, 0.4) is 0 Å². The zero-order valence-electron chi connectivity index (χ0n) is 11.3. The number of sulfonamides is 1. The lowest BCUT2D eigenvalue weighted by atomic mass is 10.2. The van der Waals surface area contributed by atoms with E-state index in [1.54, 1.807) is 7.11 Å². The molecule has 0 heterocycles. The van der Waals surface area contributed by atoms with Crippen LogP contribution in [0.25, 0.3) is 0 Å². The van der Waals surface area contributed by atoms with E-state index in [0.717, 1.165) is 0 Å². The molecule has 20 heavy (non-hydrogen) atoms. The largest absolute Gasteiger partial charge is 0.382 e. The summed E-state index contributed by atoms with van der Waals surface area (Å²) in [6.45, 7) is 1.55. The molecule has 1 aromatic rings. The average molecular weight is 323 g/mol. The molecule has 0 amide bonds. The minimum Gasteiger partial charge on any atom is -0.382 e. The highest BCUT2D eigenvalue weighted by Gasteiger charge is 2.14. The molecule has 0 saturated heterocycles. The zero-order chi connectivity index (χ0) is 15.0. The Morgan fingerprint density at radius 3 is 2.70 bits per heavy atom.